The van der Waals surface area contributed by atoms with Crippen molar-refractivity contribution >= 4 is 15.7 Å². The van der Waals surface area contributed by atoms with E-state index in [2.05, 4.69) is 0 Å². The van der Waals surface area contributed by atoms with E-state index >= 15 is 0 Å². The summed E-state index contributed by atoms with van der Waals surface area (Å²) < 4.78 is 32.0. The molecule has 0 bridgehead atoms. The summed E-state index contributed by atoms with van der Waals surface area (Å²) in [5.74, 6) is 0. The number of benzene rings is 1. The maximum Gasteiger partial charge on any atom is 0.245 e. The first-order valence-electron chi connectivity index (χ1n) is 5.91. The Labute approximate surface area is 108 Å². The Kier molecular flexibility index (Phi) is 3.61. The van der Waals surface area contributed by atoms with Crippen molar-refractivity contribution < 1.29 is 13.2 Å². The lowest BCUT2D eigenvalue weighted by molar-refractivity contribution is -0.0440. The second kappa shape index (κ2) is 4.87. The number of morpholine rings is 1. The van der Waals surface area contributed by atoms with Gasteiger partial charge in [-0.25, -0.2) is 8.42 Å². The molecule has 0 spiro atoms. The van der Waals surface area contributed by atoms with E-state index in [9.17, 15) is 8.42 Å². The second-order valence-electron chi connectivity index (χ2n) is 4.62. The molecule has 1 heterocycles. The van der Waals surface area contributed by atoms with Gasteiger partial charge in [0, 0.05) is 13.1 Å². The molecular formula is C12H18N2O3S. The number of nitrogen functional groups attached to an aromatic ring is 1. The summed E-state index contributed by atoms with van der Waals surface area (Å²) in [6.07, 6.45) is -0.207. The van der Waals surface area contributed by atoms with Crippen molar-refractivity contribution in [1.82, 2.24) is 4.31 Å². The second-order valence-corrected chi connectivity index (χ2v) is 6.52. The number of nitrogens with two attached hydrogens (primary N) is 1. The summed E-state index contributed by atoms with van der Waals surface area (Å²) in [4.78, 5) is 0.173. The third-order valence-electron chi connectivity index (χ3n) is 2.92. The highest BCUT2D eigenvalue weighted by Gasteiger charge is 2.32. The summed E-state index contributed by atoms with van der Waals surface area (Å²) in [5.41, 5.74) is 6.03. The van der Waals surface area contributed by atoms with E-state index in [1.54, 1.807) is 18.2 Å². The maximum atomic E-state index is 12.5. The Balaban J connectivity index is 2.34. The van der Waals surface area contributed by atoms with Crippen molar-refractivity contribution in [2.75, 3.05) is 18.8 Å². The Morgan fingerprint density at radius 3 is 2.33 bits per heavy atom. The van der Waals surface area contributed by atoms with Gasteiger partial charge in [0.15, 0.2) is 0 Å². The molecule has 1 aliphatic rings. The molecule has 1 saturated heterocycles. The number of ether oxygens (including phenoxy) is 1. The molecule has 0 radical (unpaired) electrons. The minimum atomic E-state index is -3.53. The number of anilines is 1. The van der Waals surface area contributed by atoms with Gasteiger partial charge < -0.3 is 10.5 Å². The Morgan fingerprint density at radius 1 is 1.22 bits per heavy atom. The molecule has 0 aromatic heterocycles. The normalized spacial score (nSPS) is 26.1. The molecule has 2 atom stereocenters. The quantitative estimate of drug-likeness (QED) is 0.816. The molecule has 5 nitrogen and oxygen atoms in total. The van der Waals surface area contributed by atoms with Crippen molar-refractivity contribution in [2.45, 2.75) is 31.0 Å². The number of rotatable bonds is 2. The van der Waals surface area contributed by atoms with Crippen LogP contribution < -0.4 is 5.73 Å². The molecule has 1 fully saturated rings. The van der Waals surface area contributed by atoms with Crippen LogP contribution in [0.1, 0.15) is 13.8 Å². The van der Waals surface area contributed by atoms with Crippen LogP contribution in [0.5, 0.6) is 0 Å². The van der Waals surface area contributed by atoms with Gasteiger partial charge in [-0.2, -0.15) is 4.31 Å². The van der Waals surface area contributed by atoms with Gasteiger partial charge in [-0.1, -0.05) is 12.1 Å². The van der Waals surface area contributed by atoms with Gasteiger partial charge in [-0.05, 0) is 26.0 Å². The molecule has 0 unspecified atom stereocenters. The SMILES string of the molecule is C[C@H]1CN(S(=O)(=O)c2ccccc2N)C[C@H](C)O1. The zero-order valence-corrected chi connectivity index (χ0v) is 11.4. The highest BCUT2D eigenvalue weighted by Crippen LogP contribution is 2.24. The average molecular weight is 270 g/mol. The van der Waals surface area contributed by atoms with Gasteiger partial charge in [0.05, 0.1) is 17.9 Å². The molecule has 2 N–H and O–H groups in total. The zero-order valence-electron chi connectivity index (χ0n) is 10.5. The first kappa shape index (κ1) is 13.3. The molecule has 18 heavy (non-hydrogen) atoms. The summed E-state index contributed by atoms with van der Waals surface area (Å²) in [5, 5.41) is 0. The van der Waals surface area contributed by atoms with Crippen LogP contribution in [0.4, 0.5) is 5.69 Å². The molecule has 1 aliphatic heterocycles. The third-order valence-corrected chi connectivity index (χ3v) is 4.83. The highest BCUT2D eigenvalue weighted by molar-refractivity contribution is 7.89. The molecule has 2 rings (SSSR count). The predicted octanol–water partition coefficient (Wildman–Crippen LogP) is 1.07. The van der Waals surface area contributed by atoms with E-state index in [0.29, 0.717) is 13.1 Å². The molecule has 1 aromatic rings. The van der Waals surface area contributed by atoms with Crippen LogP contribution in [-0.4, -0.2) is 38.0 Å². The number of hydrogen-bond acceptors (Lipinski definition) is 4. The lowest BCUT2D eigenvalue weighted by Gasteiger charge is -2.34. The molecule has 100 valence electrons. The van der Waals surface area contributed by atoms with Crippen LogP contribution in [0.15, 0.2) is 29.2 Å². The molecule has 6 heteroatoms. The highest BCUT2D eigenvalue weighted by atomic mass is 32.2. The first-order valence-corrected chi connectivity index (χ1v) is 7.35. The Hall–Kier alpha value is -1.11. The van der Waals surface area contributed by atoms with Crippen molar-refractivity contribution in [3.05, 3.63) is 24.3 Å². The minimum Gasteiger partial charge on any atom is -0.398 e. The standard InChI is InChI=1S/C12H18N2O3S/c1-9-7-14(8-10(2)17-9)18(15,16)12-6-4-3-5-11(12)13/h3-6,9-10H,7-8,13H2,1-2H3/t9-,10-/m0/s1. The van der Waals surface area contributed by atoms with Gasteiger partial charge in [-0.15, -0.1) is 0 Å². The van der Waals surface area contributed by atoms with E-state index in [1.165, 1.54) is 10.4 Å². The number of sulfonamides is 1. The molecule has 0 aliphatic carbocycles. The van der Waals surface area contributed by atoms with Gasteiger partial charge in [0.1, 0.15) is 4.90 Å². The topological polar surface area (TPSA) is 72.6 Å². The van der Waals surface area contributed by atoms with Crippen LogP contribution in [0.25, 0.3) is 0 Å². The van der Waals surface area contributed by atoms with E-state index in [1.807, 2.05) is 13.8 Å². The van der Waals surface area contributed by atoms with E-state index in [-0.39, 0.29) is 22.8 Å². The van der Waals surface area contributed by atoms with E-state index in [4.69, 9.17) is 10.5 Å². The van der Waals surface area contributed by atoms with Crippen LogP contribution in [0.3, 0.4) is 0 Å². The largest absolute Gasteiger partial charge is 0.398 e. The third kappa shape index (κ3) is 2.50. The van der Waals surface area contributed by atoms with Crippen LogP contribution in [0, 0.1) is 0 Å². The van der Waals surface area contributed by atoms with Crippen LogP contribution in [0.2, 0.25) is 0 Å². The zero-order chi connectivity index (χ0) is 13.3. The summed E-state index contributed by atoms with van der Waals surface area (Å²) in [6.45, 7) is 4.46. The van der Waals surface area contributed by atoms with Crippen molar-refractivity contribution in [1.29, 1.82) is 0 Å². The minimum absolute atomic E-state index is 0.103. The van der Waals surface area contributed by atoms with Gasteiger partial charge in [0.2, 0.25) is 10.0 Å². The van der Waals surface area contributed by atoms with Crippen LogP contribution >= 0.6 is 0 Å². The summed E-state index contributed by atoms with van der Waals surface area (Å²) in [6, 6.07) is 6.53. The van der Waals surface area contributed by atoms with Crippen molar-refractivity contribution in [3.63, 3.8) is 0 Å². The first-order chi connectivity index (χ1) is 8.41. The predicted molar refractivity (Wildman–Crippen MR) is 69.6 cm³/mol. The fraction of sp³-hybridized carbons (Fsp3) is 0.500. The average Bonchev–Trinajstić information content (AvgIpc) is 2.28. The summed E-state index contributed by atoms with van der Waals surface area (Å²) in [7, 11) is -3.53. The fourth-order valence-electron chi connectivity index (χ4n) is 2.18. The Bertz CT molecular complexity index is 520. The van der Waals surface area contributed by atoms with Gasteiger partial charge in [-0.3, -0.25) is 0 Å². The lowest BCUT2D eigenvalue weighted by atomic mass is 10.3. The maximum absolute atomic E-state index is 12.5. The molecule has 0 saturated carbocycles. The Morgan fingerprint density at radius 2 is 1.78 bits per heavy atom. The number of nitrogens with zero attached hydrogens (tertiary/aromatic N) is 1. The van der Waals surface area contributed by atoms with Crippen molar-refractivity contribution in [3.8, 4) is 0 Å². The van der Waals surface area contributed by atoms with E-state index in [0.717, 1.165) is 0 Å². The van der Waals surface area contributed by atoms with Crippen LogP contribution in [-0.2, 0) is 14.8 Å². The lowest BCUT2D eigenvalue weighted by Crippen LogP contribution is -2.48. The number of para-hydroxylation sites is 1. The van der Waals surface area contributed by atoms with Gasteiger partial charge >= 0.3 is 0 Å². The van der Waals surface area contributed by atoms with E-state index < -0.39 is 10.0 Å². The van der Waals surface area contributed by atoms with Gasteiger partial charge in [0.25, 0.3) is 0 Å². The molecular weight excluding hydrogens is 252 g/mol. The summed E-state index contributed by atoms with van der Waals surface area (Å²) >= 11 is 0. The number of hydrogen-bond donors (Lipinski definition) is 1. The monoisotopic (exact) mass is 270 g/mol. The molecule has 0 amide bonds. The smallest absolute Gasteiger partial charge is 0.245 e. The molecule has 1 aromatic carbocycles. The fourth-order valence-corrected chi connectivity index (χ4v) is 3.89. The van der Waals surface area contributed by atoms with Crippen molar-refractivity contribution in [2.24, 2.45) is 0 Å².